The predicted molar refractivity (Wildman–Crippen MR) is 63.7 cm³/mol. The fourth-order valence-electron chi connectivity index (χ4n) is 1.64. The average molecular weight is 268 g/mol. The van der Waals surface area contributed by atoms with Crippen LogP contribution in [0.3, 0.4) is 0 Å². The minimum atomic E-state index is -4.70. The Morgan fingerprint density at radius 1 is 1.11 bits per heavy atom. The number of hydrogen-bond donors (Lipinski definition) is 0. The van der Waals surface area contributed by atoms with Gasteiger partial charge in [0.2, 0.25) is 0 Å². The summed E-state index contributed by atoms with van der Waals surface area (Å²) in [5.74, 6) is -1.23. The molecule has 0 radical (unpaired) electrons. The molecule has 0 aliphatic heterocycles. The van der Waals surface area contributed by atoms with Crippen LogP contribution in [0.2, 0.25) is 0 Å². The molecule has 0 saturated heterocycles. The van der Waals surface area contributed by atoms with Crippen molar-refractivity contribution in [3.05, 3.63) is 35.7 Å². The lowest BCUT2D eigenvalue weighted by atomic mass is 10.0. The van der Waals surface area contributed by atoms with Crippen molar-refractivity contribution in [3.63, 3.8) is 0 Å². The van der Waals surface area contributed by atoms with Crippen LogP contribution < -0.4 is 0 Å². The minimum Gasteiger partial charge on any atom is -0.292 e. The second-order valence-corrected chi connectivity index (χ2v) is 4.43. The van der Waals surface area contributed by atoms with Gasteiger partial charge in [0.15, 0.2) is 11.5 Å². The third-order valence-corrected chi connectivity index (χ3v) is 2.60. The summed E-state index contributed by atoms with van der Waals surface area (Å²) < 4.78 is 38.8. The van der Waals surface area contributed by atoms with Gasteiger partial charge in [0.25, 0.3) is 0 Å². The van der Waals surface area contributed by atoms with E-state index in [0.29, 0.717) is 0 Å². The van der Waals surface area contributed by atoms with E-state index in [1.807, 2.05) is 0 Å². The maximum absolute atomic E-state index is 12.9. The molecule has 6 heteroatoms. The summed E-state index contributed by atoms with van der Waals surface area (Å²) in [5, 5.41) is 0. The van der Waals surface area contributed by atoms with Crippen molar-refractivity contribution >= 4 is 16.8 Å². The molecule has 0 bridgehead atoms. The number of fused-ring (bicyclic) bond motifs is 1. The molecule has 0 atom stereocenters. The van der Waals surface area contributed by atoms with Crippen LogP contribution in [0.25, 0.3) is 11.0 Å². The van der Waals surface area contributed by atoms with E-state index in [2.05, 4.69) is 9.97 Å². The number of benzene rings is 1. The molecular weight excluding hydrogens is 257 g/mol. The number of alkyl halides is 3. The van der Waals surface area contributed by atoms with E-state index in [-0.39, 0.29) is 11.0 Å². The second-order valence-electron chi connectivity index (χ2n) is 4.43. The topological polar surface area (TPSA) is 42.9 Å². The van der Waals surface area contributed by atoms with Crippen molar-refractivity contribution < 1.29 is 18.0 Å². The summed E-state index contributed by atoms with van der Waals surface area (Å²) in [5.41, 5.74) is -1.43. The van der Waals surface area contributed by atoms with Gasteiger partial charge in [-0.1, -0.05) is 26.0 Å². The van der Waals surface area contributed by atoms with E-state index < -0.39 is 29.3 Å². The largest absolute Gasteiger partial charge is 0.435 e. The van der Waals surface area contributed by atoms with E-state index in [0.717, 1.165) is 0 Å². The van der Waals surface area contributed by atoms with Crippen LogP contribution in [0.15, 0.2) is 24.3 Å². The number of hydrogen-bond acceptors (Lipinski definition) is 3. The van der Waals surface area contributed by atoms with Crippen LogP contribution >= 0.6 is 0 Å². The first-order chi connectivity index (χ1) is 8.80. The number of carbonyl (C=O) groups is 1. The van der Waals surface area contributed by atoms with Crippen molar-refractivity contribution in [1.82, 2.24) is 9.97 Å². The Kier molecular flexibility index (Phi) is 3.26. The molecule has 0 saturated carbocycles. The Bertz CT molecular complexity index is 635. The first-order valence-electron chi connectivity index (χ1n) is 5.69. The van der Waals surface area contributed by atoms with Crippen molar-refractivity contribution in [2.45, 2.75) is 20.0 Å². The Morgan fingerprint density at radius 3 is 2.11 bits per heavy atom. The molecule has 3 nitrogen and oxygen atoms in total. The molecule has 0 amide bonds. The summed E-state index contributed by atoms with van der Waals surface area (Å²) in [6.07, 6.45) is -4.70. The third kappa shape index (κ3) is 2.57. The van der Waals surface area contributed by atoms with Gasteiger partial charge in [-0.05, 0) is 12.1 Å². The molecule has 0 spiro atoms. The van der Waals surface area contributed by atoms with Gasteiger partial charge >= 0.3 is 6.18 Å². The molecule has 0 aliphatic carbocycles. The highest BCUT2D eigenvalue weighted by Gasteiger charge is 2.39. The third-order valence-electron chi connectivity index (χ3n) is 2.60. The number of rotatable bonds is 2. The maximum Gasteiger partial charge on any atom is 0.435 e. The summed E-state index contributed by atoms with van der Waals surface area (Å²) in [6, 6.07) is 6.16. The highest BCUT2D eigenvalue weighted by Crippen LogP contribution is 2.31. The molecule has 100 valence electrons. The van der Waals surface area contributed by atoms with Gasteiger partial charge in [0, 0.05) is 5.92 Å². The molecule has 0 fully saturated rings. The first kappa shape index (κ1) is 13.5. The standard InChI is InChI=1S/C13H11F3N2O/c1-7(2)11(19)10-12(13(14,15)16)18-9-6-4-3-5-8(9)17-10/h3-7H,1-2H3. The zero-order valence-electron chi connectivity index (χ0n) is 10.3. The minimum absolute atomic E-state index is 0.120. The van der Waals surface area contributed by atoms with E-state index in [4.69, 9.17) is 0 Å². The van der Waals surface area contributed by atoms with Gasteiger partial charge in [0.1, 0.15) is 5.69 Å². The van der Waals surface area contributed by atoms with Crippen molar-refractivity contribution in [2.24, 2.45) is 5.92 Å². The van der Waals surface area contributed by atoms with E-state index >= 15 is 0 Å². The van der Waals surface area contributed by atoms with Crippen molar-refractivity contribution in [2.75, 3.05) is 0 Å². The molecule has 1 aromatic heterocycles. The Hall–Kier alpha value is -1.98. The van der Waals surface area contributed by atoms with E-state index in [1.54, 1.807) is 12.1 Å². The first-order valence-corrected chi connectivity index (χ1v) is 5.69. The van der Waals surface area contributed by atoms with E-state index in [9.17, 15) is 18.0 Å². The Balaban J connectivity index is 2.75. The lowest BCUT2D eigenvalue weighted by Crippen LogP contribution is -2.20. The SMILES string of the molecule is CC(C)C(=O)c1nc2ccccc2nc1C(F)(F)F. The van der Waals surface area contributed by atoms with Crippen LogP contribution in [-0.2, 0) is 6.18 Å². The van der Waals surface area contributed by atoms with Gasteiger partial charge in [-0.2, -0.15) is 13.2 Å². The molecule has 2 rings (SSSR count). The lowest BCUT2D eigenvalue weighted by molar-refractivity contribution is -0.141. The molecule has 0 N–H and O–H groups in total. The number of halogens is 3. The number of carbonyl (C=O) groups excluding carboxylic acids is 1. The van der Waals surface area contributed by atoms with Crippen molar-refractivity contribution in [1.29, 1.82) is 0 Å². The highest BCUT2D eigenvalue weighted by molar-refractivity contribution is 5.98. The quantitative estimate of drug-likeness (QED) is 0.783. The van der Waals surface area contributed by atoms with Crippen LogP contribution in [0.1, 0.15) is 30.0 Å². The van der Waals surface area contributed by atoms with Crippen LogP contribution in [0.5, 0.6) is 0 Å². The predicted octanol–water partition coefficient (Wildman–Crippen LogP) is 3.49. The smallest absolute Gasteiger partial charge is 0.292 e. The van der Waals surface area contributed by atoms with Crippen LogP contribution in [0.4, 0.5) is 13.2 Å². The molecule has 0 unspecified atom stereocenters. The molecule has 2 aromatic rings. The number of aromatic nitrogens is 2. The average Bonchev–Trinajstić information content (AvgIpc) is 2.35. The number of Topliss-reactive ketones (excluding diaryl/α,β-unsaturated/α-hetero) is 1. The Labute approximate surface area is 107 Å². The molecular formula is C13H11F3N2O. The van der Waals surface area contributed by atoms with Crippen LogP contribution in [0, 0.1) is 5.92 Å². The van der Waals surface area contributed by atoms with Crippen LogP contribution in [-0.4, -0.2) is 15.8 Å². The Morgan fingerprint density at radius 2 is 1.63 bits per heavy atom. The zero-order chi connectivity index (χ0) is 14.2. The maximum atomic E-state index is 12.9. The zero-order valence-corrected chi connectivity index (χ0v) is 10.3. The molecule has 0 aliphatic rings. The fraction of sp³-hybridized carbons (Fsp3) is 0.308. The van der Waals surface area contributed by atoms with Gasteiger partial charge in [-0.25, -0.2) is 9.97 Å². The number of ketones is 1. The van der Waals surface area contributed by atoms with E-state index in [1.165, 1.54) is 26.0 Å². The van der Waals surface area contributed by atoms with Gasteiger partial charge in [0.05, 0.1) is 11.0 Å². The summed E-state index contributed by atoms with van der Waals surface area (Å²) in [4.78, 5) is 19.2. The summed E-state index contributed by atoms with van der Waals surface area (Å²) in [6.45, 7) is 3.05. The highest BCUT2D eigenvalue weighted by atomic mass is 19.4. The second kappa shape index (κ2) is 4.60. The number of nitrogens with zero attached hydrogens (tertiary/aromatic N) is 2. The van der Waals surface area contributed by atoms with Crippen molar-refractivity contribution in [3.8, 4) is 0 Å². The molecule has 1 aromatic carbocycles. The summed E-state index contributed by atoms with van der Waals surface area (Å²) >= 11 is 0. The number of para-hydroxylation sites is 2. The normalized spacial score (nSPS) is 12.1. The van der Waals surface area contributed by atoms with Gasteiger partial charge in [-0.15, -0.1) is 0 Å². The van der Waals surface area contributed by atoms with Gasteiger partial charge in [-0.3, -0.25) is 4.79 Å². The molecule has 19 heavy (non-hydrogen) atoms. The molecule has 1 heterocycles. The fourth-order valence-corrected chi connectivity index (χ4v) is 1.64. The lowest BCUT2D eigenvalue weighted by Gasteiger charge is -2.12. The monoisotopic (exact) mass is 268 g/mol. The summed E-state index contributed by atoms with van der Waals surface area (Å²) in [7, 11) is 0. The van der Waals surface area contributed by atoms with Gasteiger partial charge < -0.3 is 0 Å².